The van der Waals surface area contributed by atoms with Gasteiger partial charge in [-0.3, -0.25) is 14.5 Å². The molecular weight excluding hydrogens is 492 g/mol. The molecule has 2 amide bonds. The molecule has 0 bridgehead atoms. The summed E-state index contributed by atoms with van der Waals surface area (Å²) in [6.07, 6.45) is 3.50. The van der Waals surface area contributed by atoms with Gasteiger partial charge in [-0.05, 0) is 44.1 Å². The molecule has 3 heterocycles. The first kappa shape index (κ1) is 27.1. The fraction of sp³-hybridized carbons (Fsp3) is 0.556. The van der Waals surface area contributed by atoms with E-state index in [0.717, 1.165) is 41.9 Å². The summed E-state index contributed by atoms with van der Waals surface area (Å²) in [7, 11) is 1.39. The van der Waals surface area contributed by atoms with Crippen LogP contribution in [0.2, 0.25) is 0 Å². The van der Waals surface area contributed by atoms with Gasteiger partial charge in [0, 0.05) is 39.3 Å². The Hall–Kier alpha value is -2.98. The third kappa shape index (κ3) is 7.52. The van der Waals surface area contributed by atoms with Crippen molar-refractivity contribution in [1.29, 1.82) is 0 Å². The lowest BCUT2D eigenvalue weighted by molar-refractivity contribution is -0.142. The van der Waals surface area contributed by atoms with Crippen LogP contribution in [0.4, 0.5) is 4.79 Å². The Bertz CT molecular complexity index is 1060. The van der Waals surface area contributed by atoms with Crippen LogP contribution in [0.15, 0.2) is 30.3 Å². The molecule has 0 spiro atoms. The molecule has 0 saturated carbocycles. The van der Waals surface area contributed by atoms with Crippen molar-refractivity contribution in [3.63, 3.8) is 0 Å². The minimum Gasteiger partial charge on any atom is -0.468 e. The molecule has 37 heavy (non-hydrogen) atoms. The highest BCUT2D eigenvalue weighted by molar-refractivity contribution is 7.13. The lowest BCUT2D eigenvalue weighted by Crippen LogP contribution is -2.50. The molecule has 2 aliphatic heterocycles. The summed E-state index contributed by atoms with van der Waals surface area (Å²) in [5, 5.41) is 0.995. The van der Waals surface area contributed by atoms with Crippen LogP contribution in [0.3, 0.4) is 0 Å². The standard InChI is InChI=1S/C27H36N4O5S/c1-20-25(26(33)30-16-14-29(15-17-30)18-24(32)35-2)37-23(28-20)9-8-21-10-12-31(13-11-21)27(34)36-19-22-6-4-3-5-7-22/h3-7,21H,8-19H2,1-2H3. The molecule has 4 rings (SSSR count). The maximum Gasteiger partial charge on any atom is 0.410 e. The molecule has 1 aromatic heterocycles. The van der Waals surface area contributed by atoms with Gasteiger partial charge < -0.3 is 19.3 Å². The minimum atomic E-state index is -0.253. The van der Waals surface area contributed by atoms with Crippen LogP contribution in [0, 0.1) is 12.8 Å². The lowest BCUT2D eigenvalue weighted by Gasteiger charge is -2.33. The van der Waals surface area contributed by atoms with Gasteiger partial charge in [-0.2, -0.15) is 0 Å². The summed E-state index contributed by atoms with van der Waals surface area (Å²) in [6, 6.07) is 9.72. The van der Waals surface area contributed by atoms with E-state index in [1.807, 2.05) is 47.1 Å². The molecule has 2 fully saturated rings. The SMILES string of the molecule is COC(=O)CN1CCN(C(=O)c2sc(CCC3CCN(C(=O)OCc4ccccc4)CC3)nc2C)CC1. The molecule has 2 saturated heterocycles. The van der Waals surface area contributed by atoms with Crippen LogP contribution < -0.4 is 0 Å². The molecule has 0 aliphatic carbocycles. The molecule has 0 radical (unpaired) electrons. The third-order valence-corrected chi connectivity index (χ3v) is 8.32. The van der Waals surface area contributed by atoms with Crippen molar-refractivity contribution in [3.05, 3.63) is 51.5 Å². The van der Waals surface area contributed by atoms with E-state index >= 15 is 0 Å². The van der Waals surface area contributed by atoms with Crippen LogP contribution in [-0.2, 0) is 27.3 Å². The largest absolute Gasteiger partial charge is 0.468 e. The van der Waals surface area contributed by atoms with E-state index in [4.69, 9.17) is 9.47 Å². The molecular formula is C27H36N4O5S. The maximum atomic E-state index is 13.1. The molecule has 9 nitrogen and oxygen atoms in total. The van der Waals surface area contributed by atoms with Gasteiger partial charge in [-0.1, -0.05) is 30.3 Å². The van der Waals surface area contributed by atoms with Crippen molar-refractivity contribution >= 4 is 29.3 Å². The van der Waals surface area contributed by atoms with E-state index in [0.29, 0.717) is 56.7 Å². The number of hydrogen-bond donors (Lipinski definition) is 0. The number of hydrogen-bond acceptors (Lipinski definition) is 8. The van der Waals surface area contributed by atoms with Crippen molar-refractivity contribution in [2.24, 2.45) is 5.92 Å². The van der Waals surface area contributed by atoms with E-state index in [2.05, 4.69) is 4.98 Å². The zero-order valence-corrected chi connectivity index (χ0v) is 22.5. The molecule has 2 aromatic rings. The number of rotatable bonds is 8. The third-order valence-electron chi connectivity index (χ3n) is 7.12. The predicted octanol–water partition coefficient (Wildman–Crippen LogP) is 3.36. The Kier molecular flexibility index (Phi) is 9.51. The average Bonchev–Trinajstić information content (AvgIpc) is 3.31. The number of nitrogens with zero attached hydrogens (tertiary/aromatic N) is 4. The van der Waals surface area contributed by atoms with Gasteiger partial charge in [-0.15, -0.1) is 11.3 Å². The van der Waals surface area contributed by atoms with Gasteiger partial charge in [0.15, 0.2) is 0 Å². The van der Waals surface area contributed by atoms with Crippen LogP contribution in [-0.4, -0.2) is 90.6 Å². The van der Waals surface area contributed by atoms with E-state index < -0.39 is 0 Å². The number of benzene rings is 1. The van der Waals surface area contributed by atoms with Crippen molar-refractivity contribution < 1.29 is 23.9 Å². The number of aromatic nitrogens is 1. The second-order valence-corrected chi connectivity index (χ2v) is 10.8. The fourth-order valence-corrected chi connectivity index (χ4v) is 5.85. The second kappa shape index (κ2) is 13.0. The van der Waals surface area contributed by atoms with Crippen molar-refractivity contribution in [2.75, 3.05) is 52.9 Å². The summed E-state index contributed by atoms with van der Waals surface area (Å²) in [5.41, 5.74) is 1.78. The van der Waals surface area contributed by atoms with E-state index in [9.17, 15) is 14.4 Å². The number of thiazole rings is 1. The average molecular weight is 529 g/mol. The van der Waals surface area contributed by atoms with E-state index in [1.165, 1.54) is 18.4 Å². The smallest absolute Gasteiger partial charge is 0.410 e. The van der Waals surface area contributed by atoms with Crippen LogP contribution in [0.5, 0.6) is 0 Å². The Labute approximate surface area is 222 Å². The summed E-state index contributed by atoms with van der Waals surface area (Å²) in [6.45, 7) is 6.38. The summed E-state index contributed by atoms with van der Waals surface area (Å²) in [4.78, 5) is 48.1. The first-order valence-corrected chi connectivity index (χ1v) is 13.7. The van der Waals surface area contributed by atoms with Crippen molar-refractivity contribution in [3.8, 4) is 0 Å². The summed E-state index contributed by atoms with van der Waals surface area (Å²) >= 11 is 1.50. The Morgan fingerprint density at radius 2 is 1.70 bits per heavy atom. The van der Waals surface area contributed by atoms with Gasteiger partial charge in [0.1, 0.15) is 11.5 Å². The van der Waals surface area contributed by atoms with Gasteiger partial charge in [-0.25, -0.2) is 9.78 Å². The zero-order chi connectivity index (χ0) is 26.2. The van der Waals surface area contributed by atoms with Gasteiger partial charge >= 0.3 is 12.1 Å². The number of aryl methyl sites for hydroxylation is 2. The highest BCUT2D eigenvalue weighted by Crippen LogP contribution is 2.26. The summed E-state index contributed by atoms with van der Waals surface area (Å²) in [5.74, 6) is 0.307. The molecule has 0 N–H and O–H groups in total. The molecule has 10 heteroatoms. The first-order chi connectivity index (χ1) is 17.9. The number of methoxy groups -OCH3 is 1. The number of piperidine rings is 1. The number of carbonyl (C=O) groups is 3. The second-order valence-electron chi connectivity index (χ2n) is 9.68. The summed E-state index contributed by atoms with van der Waals surface area (Å²) < 4.78 is 10.2. The number of amides is 2. The molecule has 0 atom stereocenters. The Morgan fingerprint density at radius 3 is 2.38 bits per heavy atom. The first-order valence-electron chi connectivity index (χ1n) is 12.9. The number of carbonyl (C=O) groups excluding carboxylic acids is 3. The van der Waals surface area contributed by atoms with E-state index in [1.54, 1.807) is 4.90 Å². The fourth-order valence-electron chi connectivity index (χ4n) is 4.80. The topological polar surface area (TPSA) is 92.3 Å². The maximum absolute atomic E-state index is 13.1. The number of ether oxygens (including phenoxy) is 2. The normalized spacial score (nSPS) is 17.0. The molecule has 1 aromatic carbocycles. The van der Waals surface area contributed by atoms with E-state index in [-0.39, 0.29) is 24.5 Å². The quantitative estimate of drug-likeness (QED) is 0.485. The van der Waals surface area contributed by atoms with Gasteiger partial charge in [0.25, 0.3) is 5.91 Å². The van der Waals surface area contributed by atoms with Crippen molar-refractivity contribution in [1.82, 2.24) is 19.7 Å². The molecule has 200 valence electrons. The Morgan fingerprint density at radius 1 is 1.00 bits per heavy atom. The van der Waals surface area contributed by atoms with Gasteiger partial charge in [0.05, 0.1) is 24.4 Å². The lowest BCUT2D eigenvalue weighted by atomic mass is 9.92. The van der Waals surface area contributed by atoms with Crippen molar-refractivity contribution in [2.45, 2.75) is 39.2 Å². The predicted molar refractivity (Wildman–Crippen MR) is 140 cm³/mol. The highest BCUT2D eigenvalue weighted by Gasteiger charge is 2.27. The highest BCUT2D eigenvalue weighted by atomic mass is 32.1. The number of likely N-dealkylation sites (tertiary alicyclic amines) is 1. The van der Waals surface area contributed by atoms with Crippen LogP contribution in [0.25, 0.3) is 0 Å². The van der Waals surface area contributed by atoms with Crippen LogP contribution >= 0.6 is 11.3 Å². The zero-order valence-electron chi connectivity index (χ0n) is 21.7. The molecule has 2 aliphatic rings. The number of piperazine rings is 1. The Balaban J connectivity index is 1.19. The van der Waals surface area contributed by atoms with Crippen LogP contribution in [0.1, 0.15) is 45.2 Å². The molecule has 0 unspecified atom stereocenters. The van der Waals surface area contributed by atoms with Gasteiger partial charge in [0.2, 0.25) is 0 Å². The number of esters is 1. The monoisotopic (exact) mass is 528 g/mol. The minimum absolute atomic E-state index is 0.0290.